The van der Waals surface area contributed by atoms with E-state index < -0.39 is 0 Å². The molecule has 3 N–H and O–H groups in total. The molecule has 0 saturated carbocycles. The predicted molar refractivity (Wildman–Crippen MR) is 58.0 cm³/mol. The smallest absolute Gasteiger partial charge is 0.0550 e. The van der Waals surface area contributed by atoms with Crippen molar-refractivity contribution in [1.82, 2.24) is 0 Å². The molecule has 0 heterocycles. The largest absolute Gasteiger partial charge is 0.398 e. The van der Waals surface area contributed by atoms with Gasteiger partial charge >= 0.3 is 0 Å². The molecule has 1 aromatic carbocycles. The van der Waals surface area contributed by atoms with Crippen molar-refractivity contribution in [2.75, 3.05) is 12.3 Å². The highest BCUT2D eigenvalue weighted by molar-refractivity contribution is 8.00. The summed E-state index contributed by atoms with van der Waals surface area (Å²) in [5.41, 5.74) is 7.77. The number of hydrogen-bond donors (Lipinski definition) is 2. The van der Waals surface area contributed by atoms with Gasteiger partial charge in [-0.2, -0.15) is 0 Å². The van der Waals surface area contributed by atoms with Crippen LogP contribution in [0.2, 0.25) is 0 Å². The van der Waals surface area contributed by atoms with Crippen molar-refractivity contribution in [3.8, 4) is 0 Å². The van der Waals surface area contributed by atoms with Crippen molar-refractivity contribution < 1.29 is 5.11 Å². The molecule has 72 valence electrons. The number of nitrogens with two attached hydrogens (primary N) is 1. The van der Waals surface area contributed by atoms with E-state index in [0.717, 1.165) is 10.6 Å². The average molecular weight is 197 g/mol. The molecule has 1 unspecified atom stereocenters. The SMILES string of the molecule is Cc1ccc(N)c(SC(C)CO)c1. The molecule has 1 atom stereocenters. The van der Waals surface area contributed by atoms with Gasteiger partial charge in [0.05, 0.1) is 6.61 Å². The lowest BCUT2D eigenvalue weighted by molar-refractivity contribution is 0.300. The fourth-order valence-electron chi connectivity index (χ4n) is 0.998. The van der Waals surface area contributed by atoms with Gasteiger partial charge in [0.25, 0.3) is 0 Å². The van der Waals surface area contributed by atoms with E-state index in [-0.39, 0.29) is 11.9 Å². The first-order valence-corrected chi connectivity index (χ1v) is 5.15. The van der Waals surface area contributed by atoms with Crippen molar-refractivity contribution >= 4 is 17.4 Å². The number of hydrogen-bond acceptors (Lipinski definition) is 3. The minimum absolute atomic E-state index is 0.179. The first-order valence-electron chi connectivity index (χ1n) is 4.27. The summed E-state index contributed by atoms with van der Waals surface area (Å²) >= 11 is 1.61. The lowest BCUT2D eigenvalue weighted by atomic mass is 10.2. The highest BCUT2D eigenvalue weighted by Gasteiger charge is 2.05. The van der Waals surface area contributed by atoms with Crippen LogP contribution in [0.15, 0.2) is 23.1 Å². The number of anilines is 1. The first-order chi connectivity index (χ1) is 6.13. The van der Waals surface area contributed by atoms with Crippen molar-refractivity contribution in [3.63, 3.8) is 0 Å². The lowest BCUT2D eigenvalue weighted by Gasteiger charge is -2.10. The summed E-state index contributed by atoms with van der Waals surface area (Å²) in [6, 6.07) is 5.94. The quantitative estimate of drug-likeness (QED) is 0.576. The van der Waals surface area contributed by atoms with Crippen LogP contribution in [0.1, 0.15) is 12.5 Å². The molecular formula is C10H15NOS. The zero-order valence-electron chi connectivity index (χ0n) is 7.95. The number of thioether (sulfide) groups is 1. The number of rotatable bonds is 3. The summed E-state index contributed by atoms with van der Waals surface area (Å²) in [5.74, 6) is 0. The van der Waals surface area contributed by atoms with Crippen LogP contribution in [0, 0.1) is 6.92 Å². The summed E-state index contributed by atoms with van der Waals surface area (Å²) in [5, 5.41) is 9.09. The Morgan fingerprint density at radius 1 is 1.54 bits per heavy atom. The van der Waals surface area contributed by atoms with Crippen molar-refractivity contribution in [2.45, 2.75) is 24.0 Å². The fraction of sp³-hybridized carbons (Fsp3) is 0.400. The van der Waals surface area contributed by atoms with Gasteiger partial charge in [0.15, 0.2) is 0 Å². The maximum atomic E-state index is 8.89. The van der Waals surface area contributed by atoms with E-state index in [4.69, 9.17) is 10.8 Å². The molecule has 0 amide bonds. The van der Waals surface area contributed by atoms with Gasteiger partial charge in [-0.25, -0.2) is 0 Å². The van der Waals surface area contributed by atoms with Gasteiger partial charge in [0.1, 0.15) is 0 Å². The number of aliphatic hydroxyl groups excluding tert-OH is 1. The van der Waals surface area contributed by atoms with E-state index in [9.17, 15) is 0 Å². The number of aryl methyl sites for hydroxylation is 1. The normalized spacial score (nSPS) is 12.8. The molecular weight excluding hydrogens is 182 g/mol. The summed E-state index contributed by atoms with van der Waals surface area (Å²) in [6.45, 7) is 4.19. The predicted octanol–water partition coefficient (Wildman–Crippen LogP) is 2.05. The summed E-state index contributed by atoms with van der Waals surface area (Å²) in [6.07, 6.45) is 0. The minimum atomic E-state index is 0.179. The van der Waals surface area contributed by atoms with Gasteiger partial charge in [0.2, 0.25) is 0 Å². The molecule has 13 heavy (non-hydrogen) atoms. The molecule has 0 aliphatic heterocycles. The lowest BCUT2D eigenvalue weighted by Crippen LogP contribution is -2.02. The van der Waals surface area contributed by atoms with E-state index in [1.807, 2.05) is 32.0 Å². The molecule has 0 aliphatic rings. The molecule has 0 aromatic heterocycles. The Morgan fingerprint density at radius 2 is 2.23 bits per heavy atom. The Kier molecular flexibility index (Phi) is 3.63. The zero-order valence-corrected chi connectivity index (χ0v) is 8.77. The highest BCUT2D eigenvalue weighted by atomic mass is 32.2. The zero-order chi connectivity index (χ0) is 9.84. The van der Waals surface area contributed by atoms with Crippen LogP contribution in [0.5, 0.6) is 0 Å². The molecule has 0 saturated heterocycles. The third kappa shape index (κ3) is 2.94. The van der Waals surface area contributed by atoms with Crippen LogP contribution in [0.4, 0.5) is 5.69 Å². The second kappa shape index (κ2) is 4.53. The van der Waals surface area contributed by atoms with Crippen molar-refractivity contribution in [1.29, 1.82) is 0 Å². The van der Waals surface area contributed by atoms with E-state index in [1.165, 1.54) is 5.56 Å². The number of aliphatic hydroxyl groups is 1. The Labute approximate surface area is 83.1 Å². The minimum Gasteiger partial charge on any atom is -0.398 e. The Hall–Kier alpha value is -0.670. The van der Waals surface area contributed by atoms with Gasteiger partial charge in [-0.3, -0.25) is 0 Å². The number of benzene rings is 1. The fourth-order valence-corrected chi connectivity index (χ4v) is 1.96. The Morgan fingerprint density at radius 3 is 2.85 bits per heavy atom. The highest BCUT2D eigenvalue weighted by Crippen LogP contribution is 2.29. The van der Waals surface area contributed by atoms with Gasteiger partial charge in [-0.15, -0.1) is 11.8 Å². The molecule has 0 bridgehead atoms. The topological polar surface area (TPSA) is 46.2 Å². The van der Waals surface area contributed by atoms with Crippen LogP contribution in [0.25, 0.3) is 0 Å². The monoisotopic (exact) mass is 197 g/mol. The van der Waals surface area contributed by atoms with Crippen molar-refractivity contribution in [2.24, 2.45) is 0 Å². The third-order valence-corrected chi connectivity index (χ3v) is 2.91. The van der Waals surface area contributed by atoms with Crippen LogP contribution in [-0.4, -0.2) is 17.0 Å². The van der Waals surface area contributed by atoms with E-state index in [0.29, 0.717) is 0 Å². The van der Waals surface area contributed by atoms with Gasteiger partial charge in [-0.05, 0) is 24.6 Å². The second-order valence-electron chi connectivity index (χ2n) is 3.15. The van der Waals surface area contributed by atoms with E-state index in [2.05, 4.69) is 0 Å². The van der Waals surface area contributed by atoms with E-state index in [1.54, 1.807) is 11.8 Å². The molecule has 1 rings (SSSR count). The Bertz CT molecular complexity index is 288. The van der Waals surface area contributed by atoms with Crippen LogP contribution >= 0.6 is 11.8 Å². The average Bonchev–Trinajstić information content (AvgIpc) is 2.11. The van der Waals surface area contributed by atoms with Crippen LogP contribution in [-0.2, 0) is 0 Å². The third-order valence-electron chi connectivity index (χ3n) is 1.75. The second-order valence-corrected chi connectivity index (χ2v) is 4.63. The first kappa shape index (κ1) is 10.4. The Balaban J connectivity index is 2.81. The molecule has 3 heteroatoms. The summed E-state index contributed by atoms with van der Waals surface area (Å²) < 4.78 is 0. The maximum Gasteiger partial charge on any atom is 0.0550 e. The molecule has 0 aliphatic carbocycles. The molecule has 0 radical (unpaired) electrons. The summed E-state index contributed by atoms with van der Waals surface area (Å²) in [4.78, 5) is 1.06. The van der Waals surface area contributed by atoms with Gasteiger partial charge < -0.3 is 10.8 Å². The number of nitrogen functional groups attached to an aromatic ring is 1. The molecule has 0 fully saturated rings. The summed E-state index contributed by atoms with van der Waals surface area (Å²) in [7, 11) is 0. The van der Waals surface area contributed by atoms with Crippen LogP contribution < -0.4 is 5.73 Å². The van der Waals surface area contributed by atoms with Crippen molar-refractivity contribution in [3.05, 3.63) is 23.8 Å². The molecule has 0 spiro atoms. The molecule has 2 nitrogen and oxygen atoms in total. The van der Waals surface area contributed by atoms with Gasteiger partial charge in [-0.1, -0.05) is 13.0 Å². The van der Waals surface area contributed by atoms with Gasteiger partial charge in [0, 0.05) is 15.8 Å². The van der Waals surface area contributed by atoms with E-state index >= 15 is 0 Å². The maximum absolute atomic E-state index is 8.89. The standard InChI is InChI=1S/C10H15NOS/c1-7-3-4-9(11)10(5-7)13-8(2)6-12/h3-5,8,12H,6,11H2,1-2H3. The van der Waals surface area contributed by atoms with Crippen LogP contribution in [0.3, 0.4) is 0 Å². The molecule has 1 aromatic rings.